The number of nitrogens with one attached hydrogen (secondary N) is 1. The van der Waals surface area contributed by atoms with Crippen LogP contribution in [0.15, 0.2) is 0 Å². The van der Waals surface area contributed by atoms with E-state index in [1.165, 1.54) is 32.1 Å². The van der Waals surface area contributed by atoms with Crippen molar-refractivity contribution in [3.05, 3.63) is 0 Å². The molecule has 1 heterocycles. The Kier molecular flexibility index (Phi) is 5.88. The molecule has 1 saturated heterocycles. The summed E-state index contributed by atoms with van der Waals surface area (Å²) in [4.78, 5) is 14.7. The lowest BCUT2D eigenvalue weighted by molar-refractivity contribution is -0.138. The van der Waals surface area contributed by atoms with Gasteiger partial charge in [-0.1, -0.05) is 33.6 Å². The predicted octanol–water partition coefficient (Wildman–Crippen LogP) is 3.19. The number of hydrogen-bond donors (Lipinski definition) is 1. The molecule has 2 unspecified atom stereocenters. The van der Waals surface area contributed by atoms with E-state index >= 15 is 0 Å². The molecule has 2 rings (SSSR count). The summed E-state index contributed by atoms with van der Waals surface area (Å²) in [5.41, 5.74) is 0. The SMILES string of the molecule is CCC(CC)C(=O)N1CC(C)CC(NC2CCCC2)C1. The molecule has 0 aromatic rings. The van der Waals surface area contributed by atoms with Crippen LogP contribution in [0.3, 0.4) is 0 Å². The average Bonchev–Trinajstić information content (AvgIpc) is 2.92. The molecule has 1 saturated carbocycles. The Morgan fingerprint density at radius 2 is 1.80 bits per heavy atom. The molecule has 1 aliphatic heterocycles. The molecule has 0 aromatic carbocycles. The van der Waals surface area contributed by atoms with Gasteiger partial charge in [0.05, 0.1) is 0 Å². The molecule has 1 N–H and O–H groups in total. The number of hydrogen-bond acceptors (Lipinski definition) is 2. The van der Waals surface area contributed by atoms with Crippen LogP contribution >= 0.6 is 0 Å². The smallest absolute Gasteiger partial charge is 0.225 e. The van der Waals surface area contributed by atoms with Crippen LogP contribution in [0.25, 0.3) is 0 Å². The molecule has 2 aliphatic rings. The van der Waals surface area contributed by atoms with Crippen LogP contribution in [-0.4, -0.2) is 36.0 Å². The largest absolute Gasteiger partial charge is 0.341 e. The molecule has 0 radical (unpaired) electrons. The Balaban J connectivity index is 1.91. The second kappa shape index (κ2) is 7.44. The maximum Gasteiger partial charge on any atom is 0.225 e. The van der Waals surface area contributed by atoms with Crippen molar-refractivity contribution in [2.75, 3.05) is 13.1 Å². The molecule has 3 heteroatoms. The Morgan fingerprint density at radius 1 is 1.15 bits per heavy atom. The van der Waals surface area contributed by atoms with E-state index in [1.807, 2.05) is 0 Å². The van der Waals surface area contributed by atoms with E-state index in [0.717, 1.165) is 25.9 Å². The third-order valence-corrected chi connectivity index (χ3v) is 5.13. The first kappa shape index (κ1) is 15.8. The minimum absolute atomic E-state index is 0.229. The number of nitrogens with zero attached hydrogens (tertiary/aromatic N) is 1. The van der Waals surface area contributed by atoms with Gasteiger partial charge in [0, 0.05) is 31.1 Å². The highest BCUT2D eigenvalue weighted by Gasteiger charge is 2.31. The third-order valence-electron chi connectivity index (χ3n) is 5.13. The molecule has 1 aliphatic carbocycles. The molecule has 0 aromatic heterocycles. The van der Waals surface area contributed by atoms with Gasteiger partial charge >= 0.3 is 0 Å². The van der Waals surface area contributed by atoms with Crippen molar-refractivity contribution < 1.29 is 4.79 Å². The molecule has 0 spiro atoms. The average molecular weight is 280 g/mol. The summed E-state index contributed by atoms with van der Waals surface area (Å²) in [6.07, 6.45) is 8.56. The molecule has 116 valence electrons. The van der Waals surface area contributed by atoms with Crippen molar-refractivity contribution in [3.8, 4) is 0 Å². The van der Waals surface area contributed by atoms with Gasteiger partial charge in [-0.3, -0.25) is 4.79 Å². The number of carbonyl (C=O) groups excluding carboxylic acids is 1. The normalized spacial score (nSPS) is 28.3. The molecular formula is C17H32N2O. The molecule has 0 bridgehead atoms. The van der Waals surface area contributed by atoms with Crippen molar-refractivity contribution in [2.24, 2.45) is 11.8 Å². The molecule has 2 fully saturated rings. The monoisotopic (exact) mass is 280 g/mol. The van der Waals surface area contributed by atoms with Gasteiger partial charge in [-0.25, -0.2) is 0 Å². The van der Waals surface area contributed by atoms with E-state index in [4.69, 9.17) is 0 Å². The zero-order valence-electron chi connectivity index (χ0n) is 13.5. The fourth-order valence-corrected chi connectivity index (χ4v) is 3.97. The fraction of sp³-hybridized carbons (Fsp3) is 0.941. The van der Waals surface area contributed by atoms with Crippen molar-refractivity contribution in [3.63, 3.8) is 0 Å². The van der Waals surface area contributed by atoms with Gasteiger partial charge in [0.15, 0.2) is 0 Å². The molecular weight excluding hydrogens is 248 g/mol. The van der Waals surface area contributed by atoms with Crippen LogP contribution in [0.5, 0.6) is 0 Å². The highest BCUT2D eigenvalue weighted by Crippen LogP contribution is 2.24. The number of likely N-dealkylation sites (tertiary alicyclic amines) is 1. The van der Waals surface area contributed by atoms with Gasteiger partial charge in [0.1, 0.15) is 0 Å². The summed E-state index contributed by atoms with van der Waals surface area (Å²) in [7, 11) is 0. The van der Waals surface area contributed by atoms with Gasteiger partial charge in [0.25, 0.3) is 0 Å². The number of amides is 1. The summed E-state index contributed by atoms with van der Waals surface area (Å²) in [6.45, 7) is 8.44. The molecule has 2 atom stereocenters. The summed E-state index contributed by atoms with van der Waals surface area (Å²) in [6, 6.07) is 1.22. The van der Waals surface area contributed by atoms with Crippen molar-refractivity contribution in [2.45, 2.75) is 77.8 Å². The van der Waals surface area contributed by atoms with Crippen molar-refractivity contribution in [1.29, 1.82) is 0 Å². The fourth-order valence-electron chi connectivity index (χ4n) is 3.97. The van der Waals surface area contributed by atoms with Crippen LogP contribution in [0.1, 0.15) is 65.7 Å². The lowest BCUT2D eigenvalue weighted by atomic mass is 9.93. The Morgan fingerprint density at radius 3 is 2.40 bits per heavy atom. The van der Waals surface area contributed by atoms with Crippen LogP contribution in [-0.2, 0) is 4.79 Å². The first-order valence-electron chi connectivity index (χ1n) is 8.68. The number of carbonyl (C=O) groups is 1. The van der Waals surface area contributed by atoms with E-state index in [-0.39, 0.29) is 5.92 Å². The van der Waals surface area contributed by atoms with Crippen molar-refractivity contribution >= 4 is 5.91 Å². The Labute approximate surface area is 124 Å². The first-order chi connectivity index (χ1) is 9.63. The van der Waals surface area contributed by atoms with Gasteiger partial charge in [-0.05, 0) is 38.0 Å². The third kappa shape index (κ3) is 3.97. The van der Waals surface area contributed by atoms with E-state index in [1.54, 1.807) is 0 Å². The lowest BCUT2D eigenvalue weighted by Gasteiger charge is -2.39. The summed E-state index contributed by atoms with van der Waals surface area (Å²) >= 11 is 0. The second-order valence-corrected chi connectivity index (χ2v) is 6.94. The van der Waals surface area contributed by atoms with Crippen LogP contribution in [0, 0.1) is 11.8 Å². The Hall–Kier alpha value is -0.570. The highest BCUT2D eigenvalue weighted by atomic mass is 16.2. The second-order valence-electron chi connectivity index (χ2n) is 6.94. The summed E-state index contributed by atoms with van der Waals surface area (Å²) in [5, 5.41) is 3.81. The van der Waals surface area contributed by atoms with Crippen molar-refractivity contribution in [1.82, 2.24) is 10.2 Å². The maximum absolute atomic E-state index is 12.6. The van der Waals surface area contributed by atoms with Crippen LogP contribution in [0.4, 0.5) is 0 Å². The molecule has 20 heavy (non-hydrogen) atoms. The number of rotatable bonds is 5. The van der Waals surface area contributed by atoms with Gasteiger partial charge < -0.3 is 10.2 Å². The lowest BCUT2D eigenvalue weighted by Crippen LogP contribution is -2.53. The first-order valence-corrected chi connectivity index (χ1v) is 8.68. The zero-order chi connectivity index (χ0) is 14.5. The minimum atomic E-state index is 0.229. The van der Waals surface area contributed by atoms with E-state index < -0.39 is 0 Å². The molecule has 3 nitrogen and oxygen atoms in total. The van der Waals surface area contributed by atoms with E-state index in [0.29, 0.717) is 23.9 Å². The van der Waals surface area contributed by atoms with Crippen LogP contribution < -0.4 is 5.32 Å². The van der Waals surface area contributed by atoms with Gasteiger partial charge in [-0.15, -0.1) is 0 Å². The van der Waals surface area contributed by atoms with Crippen LogP contribution in [0.2, 0.25) is 0 Å². The topological polar surface area (TPSA) is 32.3 Å². The summed E-state index contributed by atoms with van der Waals surface area (Å²) in [5.74, 6) is 1.24. The number of piperidine rings is 1. The highest BCUT2D eigenvalue weighted by molar-refractivity contribution is 5.78. The molecule has 1 amide bonds. The zero-order valence-corrected chi connectivity index (χ0v) is 13.5. The maximum atomic E-state index is 12.6. The van der Waals surface area contributed by atoms with Gasteiger partial charge in [-0.2, -0.15) is 0 Å². The predicted molar refractivity (Wildman–Crippen MR) is 83.6 cm³/mol. The van der Waals surface area contributed by atoms with E-state index in [2.05, 4.69) is 31.0 Å². The summed E-state index contributed by atoms with van der Waals surface area (Å²) < 4.78 is 0. The van der Waals surface area contributed by atoms with E-state index in [9.17, 15) is 4.79 Å². The minimum Gasteiger partial charge on any atom is -0.341 e. The Bertz CT molecular complexity index is 308. The standard InChI is InChI=1S/C17H32N2O/c1-4-14(5-2)17(20)19-11-13(3)10-16(12-19)18-15-8-6-7-9-15/h13-16,18H,4-12H2,1-3H3. The van der Waals surface area contributed by atoms with Gasteiger partial charge in [0.2, 0.25) is 5.91 Å². The quantitative estimate of drug-likeness (QED) is 0.839.